The number of hydrogen-bond acceptors (Lipinski definition) is 3. The Kier molecular flexibility index (Phi) is 4.46. The number of anilines is 1. The van der Waals surface area contributed by atoms with Gasteiger partial charge in [0.2, 0.25) is 0 Å². The molecule has 16 heavy (non-hydrogen) atoms. The summed E-state index contributed by atoms with van der Waals surface area (Å²) in [6.07, 6.45) is 4.05. The van der Waals surface area contributed by atoms with Gasteiger partial charge in [0, 0.05) is 17.2 Å². The summed E-state index contributed by atoms with van der Waals surface area (Å²) in [5.41, 5.74) is 0. The van der Waals surface area contributed by atoms with E-state index in [2.05, 4.69) is 26.2 Å². The lowest BCUT2D eigenvalue weighted by atomic mass is 10.0. The van der Waals surface area contributed by atoms with Crippen LogP contribution in [0.1, 0.15) is 12.8 Å². The fraction of sp³-hybridized carbons (Fsp3) is 0.545. The predicted molar refractivity (Wildman–Crippen MR) is 70.4 cm³/mol. The first-order chi connectivity index (χ1) is 7.75. The monoisotopic (exact) mass is 304 g/mol. The van der Waals surface area contributed by atoms with Gasteiger partial charge in [-0.3, -0.25) is 0 Å². The molecule has 1 aliphatic heterocycles. The van der Waals surface area contributed by atoms with Crippen molar-refractivity contribution in [2.24, 2.45) is 5.92 Å². The van der Waals surface area contributed by atoms with Crippen molar-refractivity contribution >= 4 is 33.5 Å². The van der Waals surface area contributed by atoms with Gasteiger partial charge in [0.25, 0.3) is 0 Å². The number of rotatable bonds is 3. The van der Waals surface area contributed by atoms with E-state index in [1.165, 1.54) is 30.4 Å². The Morgan fingerprint density at radius 3 is 2.94 bits per heavy atom. The first kappa shape index (κ1) is 12.2. The summed E-state index contributed by atoms with van der Waals surface area (Å²) >= 11 is 5.19. The molecule has 1 aromatic rings. The highest BCUT2D eigenvalue weighted by Crippen LogP contribution is 2.23. The minimum absolute atomic E-state index is 0.292. The second kappa shape index (κ2) is 5.87. The molecule has 0 aromatic carbocycles. The number of thioether (sulfide) groups is 1. The maximum atomic E-state index is 13.4. The van der Waals surface area contributed by atoms with Gasteiger partial charge in [0.05, 0.1) is 0 Å². The molecule has 1 aliphatic rings. The summed E-state index contributed by atoms with van der Waals surface area (Å²) in [6.45, 7) is 0.826. The van der Waals surface area contributed by atoms with E-state index in [9.17, 15) is 4.39 Å². The molecule has 1 N–H and O–H groups in total. The van der Waals surface area contributed by atoms with Gasteiger partial charge < -0.3 is 5.32 Å². The van der Waals surface area contributed by atoms with Gasteiger partial charge in [-0.25, -0.2) is 9.37 Å². The summed E-state index contributed by atoms with van der Waals surface area (Å²) in [4.78, 5) is 4.02. The van der Waals surface area contributed by atoms with Crippen molar-refractivity contribution in [3.8, 4) is 0 Å². The minimum Gasteiger partial charge on any atom is -0.367 e. The number of pyridine rings is 1. The van der Waals surface area contributed by atoms with E-state index >= 15 is 0 Å². The summed E-state index contributed by atoms with van der Waals surface area (Å²) in [7, 11) is 0. The molecule has 5 heteroatoms. The summed E-state index contributed by atoms with van der Waals surface area (Å²) < 4.78 is 14.1. The van der Waals surface area contributed by atoms with Crippen LogP contribution in [0, 0.1) is 11.7 Å². The SMILES string of the molecule is Fc1cc(Br)cnc1NCC1CCSCC1. The lowest BCUT2D eigenvalue weighted by Gasteiger charge is -2.21. The molecule has 88 valence electrons. The molecule has 0 atom stereocenters. The second-order valence-corrected chi connectivity index (χ2v) is 6.06. The summed E-state index contributed by atoms with van der Waals surface area (Å²) in [5, 5.41) is 3.09. The third-order valence-corrected chi connectivity index (χ3v) is 4.19. The van der Waals surface area contributed by atoms with Gasteiger partial charge in [0.15, 0.2) is 11.6 Å². The molecular formula is C11H14BrFN2S. The molecule has 0 amide bonds. The lowest BCUT2D eigenvalue weighted by Crippen LogP contribution is -2.20. The molecule has 0 radical (unpaired) electrons. The van der Waals surface area contributed by atoms with Gasteiger partial charge in [-0.15, -0.1) is 0 Å². The van der Waals surface area contributed by atoms with Crippen LogP contribution in [0.2, 0.25) is 0 Å². The first-order valence-electron chi connectivity index (χ1n) is 5.38. The molecule has 0 unspecified atom stereocenters. The van der Waals surface area contributed by atoms with Gasteiger partial charge in [-0.2, -0.15) is 11.8 Å². The summed E-state index contributed by atoms with van der Waals surface area (Å²) in [5.74, 6) is 3.18. The standard InChI is InChI=1S/C11H14BrFN2S/c12-9-5-10(13)11(15-7-9)14-6-8-1-3-16-4-2-8/h5,7-8H,1-4,6H2,(H,14,15). The quantitative estimate of drug-likeness (QED) is 0.924. The van der Waals surface area contributed by atoms with Crippen molar-refractivity contribution in [3.05, 3.63) is 22.6 Å². The largest absolute Gasteiger partial charge is 0.367 e. The van der Waals surface area contributed by atoms with E-state index in [0.717, 1.165) is 6.54 Å². The zero-order valence-corrected chi connectivity index (χ0v) is 11.3. The maximum Gasteiger partial charge on any atom is 0.166 e. The summed E-state index contributed by atoms with van der Waals surface area (Å²) in [6, 6.07) is 1.44. The average Bonchev–Trinajstić information content (AvgIpc) is 2.29. The molecule has 0 spiro atoms. The van der Waals surface area contributed by atoms with E-state index in [0.29, 0.717) is 16.2 Å². The van der Waals surface area contributed by atoms with E-state index < -0.39 is 0 Å². The normalized spacial score (nSPS) is 17.4. The number of nitrogens with zero attached hydrogens (tertiary/aromatic N) is 1. The number of hydrogen-bond donors (Lipinski definition) is 1. The number of nitrogens with one attached hydrogen (secondary N) is 1. The zero-order chi connectivity index (χ0) is 11.4. The molecule has 1 aromatic heterocycles. The Bertz CT molecular complexity index is 356. The van der Waals surface area contributed by atoms with Gasteiger partial charge in [0.1, 0.15) is 0 Å². The maximum absolute atomic E-state index is 13.4. The zero-order valence-electron chi connectivity index (χ0n) is 8.88. The molecule has 0 bridgehead atoms. The van der Waals surface area contributed by atoms with Crippen molar-refractivity contribution in [2.75, 3.05) is 23.4 Å². The van der Waals surface area contributed by atoms with E-state index in [1.54, 1.807) is 6.20 Å². The van der Waals surface area contributed by atoms with Crippen molar-refractivity contribution in [2.45, 2.75) is 12.8 Å². The smallest absolute Gasteiger partial charge is 0.166 e. The van der Waals surface area contributed by atoms with Crippen LogP contribution in [0.4, 0.5) is 10.2 Å². The molecule has 1 saturated heterocycles. The van der Waals surface area contributed by atoms with Crippen LogP contribution >= 0.6 is 27.7 Å². The fourth-order valence-electron chi connectivity index (χ4n) is 1.74. The van der Waals surface area contributed by atoms with Crippen LogP contribution in [-0.4, -0.2) is 23.0 Å². The molecular weight excluding hydrogens is 291 g/mol. The highest BCUT2D eigenvalue weighted by molar-refractivity contribution is 9.10. The van der Waals surface area contributed by atoms with E-state index in [1.807, 2.05) is 11.8 Å². The molecule has 1 fully saturated rings. The molecule has 2 heterocycles. The molecule has 0 saturated carbocycles. The van der Waals surface area contributed by atoms with Crippen LogP contribution in [0.5, 0.6) is 0 Å². The van der Waals surface area contributed by atoms with Crippen LogP contribution in [-0.2, 0) is 0 Å². The van der Waals surface area contributed by atoms with Gasteiger partial charge in [-0.1, -0.05) is 0 Å². The van der Waals surface area contributed by atoms with Crippen molar-refractivity contribution in [1.29, 1.82) is 0 Å². The van der Waals surface area contributed by atoms with Gasteiger partial charge >= 0.3 is 0 Å². The van der Waals surface area contributed by atoms with Crippen LogP contribution in [0.15, 0.2) is 16.7 Å². The molecule has 0 aliphatic carbocycles. The van der Waals surface area contributed by atoms with Gasteiger partial charge in [-0.05, 0) is 52.3 Å². The van der Waals surface area contributed by atoms with Crippen LogP contribution in [0.3, 0.4) is 0 Å². The minimum atomic E-state index is -0.292. The average molecular weight is 305 g/mol. The Labute approximate surface area is 108 Å². The van der Waals surface area contributed by atoms with Crippen LogP contribution < -0.4 is 5.32 Å². The van der Waals surface area contributed by atoms with E-state index in [4.69, 9.17) is 0 Å². The van der Waals surface area contributed by atoms with Crippen LogP contribution in [0.25, 0.3) is 0 Å². The van der Waals surface area contributed by atoms with E-state index in [-0.39, 0.29) is 5.82 Å². The highest BCUT2D eigenvalue weighted by Gasteiger charge is 2.14. The Morgan fingerprint density at radius 2 is 2.25 bits per heavy atom. The topological polar surface area (TPSA) is 24.9 Å². The van der Waals surface area contributed by atoms with Crippen molar-refractivity contribution in [1.82, 2.24) is 4.98 Å². The third kappa shape index (κ3) is 3.35. The molecule has 2 nitrogen and oxygen atoms in total. The van der Waals surface area contributed by atoms with Crippen molar-refractivity contribution in [3.63, 3.8) is 0 Å². The Morgan fingerprint density at radius 1 is 1.50 bits per heavy atom. The van der Waals surface area contributed by atoms with Crippen molar-refractivity contribution < 1.29 is 4.39 Å². The molecule has 2 rings (SSSR count). The first-order valence-corrected chi connectivity index (χ1v) is 7.33. The third-order valence-electron chi connectivity index (χ3n) is 2.71. The predicted octanol–water partition coefficient (Wildman–Crippen LogP) is 3.54. The number of aromatic nitrogens is 1. The Balaban J connectivity index is 1.88. The lowest BCUT2D eigenvalue weighted by molar-refractivity contribution is 0.513. The Hall–Kier alpha value is -0.290. The second-order valence-electron chi connectivity index (χ2n) is 3.92. The number of halogens is 2. The highest BCUT2D eigenvalue weighted by atomic mass is 79.9. The fourth-order valence-corrected chi connectivity index (χ4v) is 3.24.